The highest BCUT2D eigenvalue weighted by atomic mass is 35.5. The number of methoxy groups -OCH3 is 1. The van der Waals surface area contributed by atoms with E-state index >= 15 is 0 Å². The molecule has 0 aliphatic carbocycles. The molecule has 0 atom stereocenters. The van der Waals surface area contributed by atoms with E-state index in [1.807, 2.05) is 42.5 Å². The van der Waals surface area contributed by atoms with Crippen LogP contribution in [0.25, 0.3) is 22.4 Å². The Balaban J connectivity index is 1.81. The maximum Gasteiger partial charge on any atom is 0.138 e. The summed E-state index contributed by atoms with van der Waals surface area (Å²) < 4.78 is 10.8. The fourth-order valence-corrected chi connectivity index (χ4v) is 2.32. The summed E-state index contributed by atoms with van der Waals surface area (Å²) in [4.78, 5) is 7.90. The molecule has 0 unspecified atom stereocenters. The average molecular weight is 317 g/mol. The predicted octanol–water partition coefficient (Wildman–Crippen LogP) is 4.25. The SMILES string of the molecule is COc1ccc2nc(-c3ccc(OCCCCl)cc3)[nH]c2c1. The molecule has 0 fully saturated rings. The zero-order chi connectivity index (χ0) is 15.4. The number of benzene rings is 2. The second-order valence-corrected chi connectivity index (χ2v) is 5.26. The molecule has 2 aromatic carbocycles. The van der Waals surface area contributed by atoms with E-state index in [4.69, 9.17) is 21.1 Å². The Bertz CT molecular complexity index is 753. The molecular formula is C17H17ClN2O2. The summed E-state index contributed by atoms with van der Waals surface area (Å²) in [6.07, 6.45) is 0.842. The number of halogens is 1. The van der Waals surface area contributed by atoms with E-state index in [9.17, 15) is 0 Å². The van der Waals surface area contributed by atoms with Crippen LogP contribution in [0, 0.1) is 0 Å². The highest BCUT2D eigenvalue weighted by molar-refractivity contribution is 6.17. The molecule has 3 rings (SSSR count). The number of aromatic amines is 1. The van der Waals surface area contributed by atoms with Crippen LogP contribution < -0.4 is 9.47 Å². The molecular weight excluding hydrogens is 300 g/mol. The number of H-pyrrole nitrogens is 1. The van der Waals surface area contributed by atoms with Crippen LogP contribution in [0.4, 0.5) is 0 Å². The summed E-state index contributed by atoms with van der Waals surface area (Å²) >= 11 is 5.63. The third kappa shape index (κ3) is 3.17. The van der Waals surface area contributed by atoms with Crippen molar-refractivity contribution in [1.29, 1.82) is 0 Å². The predicted molar refractivity (Wildman–Crippen MR) is 88.9 cm³/mol. The van der Waals surface area contributed by atoms with Gasteiger partial charge in [-0.15, -0.1) is 11.6 Å². The smallest absolute Gasteiger partial charge is 0.138 e. The van der Waals surface area contributed by atoms with Crippen LogP contribution in [0.15, 0.2) is 42.5 Å². The Hall–Kier alpha value is -2.20. The summed E-state index contributed by atoms with van der Waals surface area (Å²) in [5, 5.41) is 0. The fourth-order valence-electron chi connectivity index (χ4n) is 2.21. The van der Waals surface area contributed by atoms with Crippen LogP contribution in [0.5, 0.6) is 11.5 Å². The van der Waals surface area contributed by atoms with Gasteiger partial charge in [-0.2, -0.15) is 0 Å². The van der Waals surface area contributed by atoms with Gasteiger partial charge in [0.15, 0.2) is 0 Å². The van der Waals surface area contributed by atoms with Gasteiger partial charge in [0.05, 0.1) is 24.8 Å². The topological polar surface area (TPSA) is 47.1 Å². The molecule has 0 aliphatic heterocycles. The van der Waals surface area contributed by atoms with Crippen molar-refractivity contribution < 1.29 is 9.47 Å². The van der Waals surface area contributed by atoms with Gasteiger partial charge in [0.25, 0.3) is 0 Å². The lowest BCUT2D eigenvalue weighted by molar-refractivity contribution is 0.318. The van der Waals surface area contributed by atoms with Crippen molar-refractivity contribution in [3.8, 4) is 22.9 Å². The zero-order valence-electron chi connectivity index (χ0n) is 12.3. The van der Waals surface area contributed by atoms with Crippen molar-refractivity contribution >= 4 is 22.6 Å². The van der Waals surface area contributed by atoms with E-state index in [0.717, 1.165) is 40.3 Å². The van der Waals surface area contributed by atoms with Gasteiger partial charge in [-0.3, -0.25) is 0 Å². The average Bonchev–Trinajstić information content (AvgIpc) is 2.98. The van der Waals surface area contributed by atoms with E-state index in [1.54, 1.807) is 7.11 Å². The van der Waals surface area contributed by atoms with Crippen molar-refractivity contribution in [2.24, 2.45) is 0 Å². The van der Waals surface area contributed by atoms with Gasteiger partial charge in [-0.25, -0.2) is 4.98 Å². The van der Waals surface area contributed by atoms with E-state index in [2.05, 4.69) is 9.97 Å². The molecule has 1 heterocycles. The number of nitrogens with zero attached hydrogens (tertiary/aromatic N) is 1. The molecule has 0 amide bonds. The molecule has 1 N–H and O–H groups in total. The molecule has 0 radical (unpaired) electrons. The van der Waals surface area contributed by atoms with Crippen molar-refractivity contribution in [2.75, 3.05) is 19.6 Å². The number of aromatic nitrogens is 2. The fraction of sp³-hybridized carbons (Fsp3) is 0.235. The van der Waals surface area contributed by atoms with Crippen LogP contribution in [0.1, 0.15) is 6.42 Å². The summed E-state index contributed by atoms with van der Waals surface area (Å²) in [5.41, 5.74) is 2.88. The number of rotatable bonds is 6. The number of fused-ring (bicyclic) bond motifs is 1. The van der Waals surface area contributed by atoms with Crippen LogP contribution in [0.2, 0.25) is 0 Å². The summed E-state index contributed by atoms with van der Waals surface area (Å²) in [6.45, 7) is 0.632. The van der Waals surface area contributed by atoms with Gasteiger partial charge in [-0.1, -0.05) is 0 Å². The Morgan fingerprint density at radius 2 is 1.86 bits per heavy atom. The first-order valence-electron chi connectivity index (χ1n) is 7.13. The number of hydrogen-bond donors (Lipinski definition) is 1. The van der Waals surface area contributed by atoms with Crippen molar-refractivity contribution in [1.82, 2.24) is 9.97 Å². The summed E-state index contributed by atoms with van der Waals surface area (Å²) in [5.74, 6) is 3.09. The third-order valence-corrected chi connectivity index (χ3v) is 3.63. The molecule has 3 aromatic rings. The normalized spacial score (nSPS) is 10.8. The monoisotopic (exact) mass is 316 g/mol. The standard InChI is InChI=1S/C17H17ClN2O2/c1-21-14-7-8-15-16(11-14)20-17(19-15)12-3-5-13(6-4-12)22-10-2-9-18/h3-8,11H,2,9-10H2,1H3,(H,19,20). The second-order valence-electron chi connectivity index (χ2n) is 4.88. The largest absolute Gasteiger partial charge is 0.497 e. The lowest BCUT2D eigenvalue weighted by atomic mass is 10.2. The number of imidazole rings is 1. The second kappa shape index (κ2) is 6.71. The quantitative estimate of drug-likeness (QED) is 0.546. The van der Waals surface area contributed by atoms with Crippen LogP contribution in [-0.2, 0) is 0 Å². The van der Waals surface area contributed by atoms with Crippen LogP contribution in [0.3, 0.4) is 0 Å². The van der Waals surface area contributed by atoms with Gasteiger partial charge in [0.1, 0.15) is 17.3 Å². The Morgan fingerprint density at radius 3 is 2.59 bits per heavy atom. The maximum absolute atomic E-state index is 5.63. The highest BCUT2D eigenvalue weighted by Crippen LogP contribution is 2.25. The van der Waals surface area contributed by atoms with Gasteiger partial charge < -0.3 is 14.5 Å². The minimum Gasteiger partial charge on any atom is -0.497 e. The molecule has 5 heteroatoms. The number of ether oxygens (including phenoxy) is 2. The first kappa shape index (κ1) is 14.7. The van der Waals surface area contributed by atoms with E-state index in [1.165, 1.54) is 0 Å². The lowest BCUT2D eigenvalue weighted by Crippen LogP contribution is -1.97. The molecule has 114 valence electrons. The molecule has 4 nitrogen and oxygen atoms in total. The minimum atomic E-state index is 0.612. The maximum atomic E-state index is 5.63. The first-order valence-corrected chi connectivity index (χ1v) is 7.66. The van der Waals surface area contributed by atoms with Crippen LogP contribution in [-0.4, -0.2) is 29.6 Å². The Morgan fingerprint density at radius 1 is 1.09 bits per heavy atom. The first-order chi connectivity index (χ1) is 10.8. The van der Waals surface area contributed by atoms with E-state index in [-0.39, 0.29) is 0 Å². The van der Waals surface area contributed by atoms with Crippen LogP contribution >= 0.6 is 11.6 Å². The van der Waals surface area contributed by atoms with E-state index in [0.29, 0.717) is 12.5 Å². The number of nitrogens with one attached hydrogen (secondary N) is 1. The minimum absolute atomic E-state index is 0.612. The molecule has 0 bridgehead atoms. The van der Waals surface area contributed by atoms with Gasteiger partial charge >= 0.3 is 0 Å². The Kier molecular flexibility index (Phi) is 4.49. The molecule has 1 aromatic heterocycles. The highest BCUT2D eigenvalue weighted by Gasteiger charge is 2.06. The third-order valence-electron chi connectivity index (χ3n) is 3.36. The van der Waals surface area contributed by atoms with Crippen molar-refractivity contribution in [3.63, 3.8) is 0 Å². The molecule has 0 spiro atoms. The number of hydrogen-bond acceptors (Lipinski definition) is 3. The number of alkyl halides is 1. The molecule has 0 aliphatic rings. The lowest BCUT2D eigenvalue weighted by Gasteiger charge is -2.05. The Labute approximate surface area is 134 Å². The summed E-state index contributed by atoms with van der Waals surface area (Å²) in [6, 6.07) is 13.7. The van der Waals surface area contributed by atoms with Gasteiger partial charge in [0, 0.05) is 17.5 Å². The zero-order valence-corrected chi connectivity index (χ0v) is 13.1. The van der Waals surface area contributed by atoms with Gasteiger partial charge in [0.2, 0.25) is 0 Å². The molecule has 0 saturated heterocycles. The van der Waals surface area contributed by atoms with Crippen molar-refractivity contribution in [2.45, 2.75) is 6.42 Å². The van der Waals surface area contributed by atoms with Gasteiger partial charge in [-0.05, 0) is 42.8 Å². The molecule has 0 saturated carbocycles. The van der Waals surface area contributed by atoms with E-state index < -0.39 is 0 Å². The van der Waals surface area contributed by atoms with Crippen molar-refractivity contribution in [3.05, 3.63) is 42.5 Å². The summed E-state index contributed by atoms with van der Waals surface area (Å²) in [7, 11) is 1.65. The molecule has 22 heavy (non-hydrogen) atoms.